The summed E-state index contributed by atoms with van der Waals surface area (Å²) in [6.07, 6.45) is -2.84. The predicted molar refractivity (Wildman–Crippen MR) is 64.4 cm³/mol. The van der Waals surface area contributed by atoms with Crippen molar-refractivity contribution in [3.63, 3.8) is 0 Å². The lowest BCUT2D eigenvalue weighted by Gasteiger charge is -2.10. The van der Waals surface area contributed by atoms with Crippen LogP contribution in [0.4, 0.5) is 18.9 Å². The van der Waals surface area contributed by atoms with Gasteiger partial charge in [-0.25, -0.2) is 0 Å². The highest BCUT2D eigenvalue weighted by Crippen LogP contribution is 2.31. The maximum absolute atomic E-state index is 12.5. The van der Waals surface area contributed by atoms with E-state index < -0.39 is 11.7 Å². The Morgan fingerprint density at radius 1 is 1.16 bits per heavy atom. The lowest BCUT2D eigenvalue weighted by atomic mass is 10.2. The first-order chi connectivity index (χ1) is 8.97. The molecule has 1 heterocycles. The largest absolute Gasteiger partial charge is 0.487 e. The summed E-state index contributed by atoms with van der Waals surface area (Å²) in [5.74, 6) is 0.125. The molecular weight excluding hydrogens is 257 g/mol. The van der Waals surface area contributed by atoms with Crippen LogP contribution in [-0.4, -0.2) is 4.98 Å². The van der Waals surface area contributed by atoms with E-state index in [0.717, 1.165) is 12.1 Å². The molecule has 100 valence electrons. The molecule has 0 aliphatic rings. The number of rotatable bonds is 3. The molecule has 0 atom stereocenters. The molecule has 2 aromatic rings. The third kappa shape index (κ3) is 3.37. The number of nitrogen functional groups attached to an aromatic ring is 1. The monoisotopic (exact) mass is 268 g/mol. The van der Waals surface area contributed by atoms with E-state index in [4.69, 9.17) is 10.5 Å². The zero-order valence-corrected chi connectivity index (χ0v) is 9.82. The summed E-state index contributed by atoms with van der Waals surface area (Å²) < 4.78 is 42.8. The number of halogens is 3. The van der Waals surface area contributed by atoms with Gasteiger partial charge in [0.25, 0.3) is 0 Å². The second-order valence-electron chi connectivity index (χ2n) is 3.85. The fraction of sp³-hybridized carbons (Fsp3) is 0.154. The van der Waals surface area contributed by atoms with Gasteiger partial charge in [-0.05, 0) is 30.3 Å². The van der Waals surface area contributed by atoms with Crippen molar-refractivity contribution in [3.05, 3.63) is 53.9 Å². The molecule has 0 saturated heterocycles. The van der Waals surface area contributed by atoms with Crippen molar-refractivity contribution in [3.8, 4) is 5.75 Å². The molecule has 0 fully saturated rings. The van der Waals surface area contributed by atoms with Crippen LogP contribution in [0.3, 0.4) is 0 Å². The Bertz CT molecular complexity index is 570. The summed E-state index contributed by atoms with van der Waals surface area (Å²) in [7, 11) is 0. The molecule has 1 aromatic heterocycles. The minimum Gasteiger partial charge on any atom is -0.487 e. The summed E-state index contributed by atoms with van der Waals surface area (Å²) in [6.45, 7) is 0.0218. The zero-order chi connectivity index (χ0) is 13.9. The number of aromatic nitrogens is 1. The Labute approximate surface area is 107 Å². The van der Waals surface area contributed by atoms with E-state index in [1.165, 1.54) is 12.1 Å². The number of anilines is 1. The average molecular weight is 268 g/mol. The third-order valence-corrected chi connectivity index (χ3v) is 2.46. The van der Waals surface area contributed by atoms with Crippen molar-refractivity contribution >= 4 is 5.69 Å². The van der Waals surface area contributed by atoms with Gasteiger partial charge < -0.3 is 10.5 Å². The van der Waals surface area contributed by atoms with Crippen LogP contribution < -0.4 is 10.5 Å². The van der Waals surface area contributed by atoms with E-state index in [1.807, 2.05) is 0 Å². The topological polar surface area (TPSA) is 48.1 Å². The van der Waals surface area contributed by atoms with Gasteiger partial charge in [-0.3, -0.25) is 4.98 Å². The number of alkyl halides is 3. The van der Waals surface area contributed by atoms with Gasteiger partial charge in [-0.2, -0.15) is 13.2 Å². The van der Waals surface area contributed by atoms with Crippen LogP contribution in [0.15, 0.2) is 42.6 Å². The van der Waals surface area contributed by atoms with Gasteiger partial charge in [0, 0.05) is 6.20 Å². The van der Waals surface area contributed by atoms with Gasteiger partial charge in [0.05, 0.1) is 11.3 Å². The molecule has 2 rings (SSSR count). The highest BCUT2D eigenvalue weighted by atomic mass is 19.4. The highest BCUT2D eigenvalue weighted by Gasteiger charge is 2.30. The number of benzene rings is 1. The van der Waals surface area contributed by atoms with Crippen LogP contribution in [-0.2, 0) is 12.8 Å². The smallest absolute Gasteiger partial charge is 0.416 e. The number of hydrogen-bond acceptors (Lipinski definition) is 3. The molecular formula is C13H11F3N2O. The van der Waals surface area contributed by atoms with Crippen LogP contribution >= 0.6 is 0 Å². The fourth-order valence-electron chi connectivity index (χ4n) is 1.48. The Hall–Kier alpha value is -2.24. The Morgan fingerprint density at radius 3 is 2.63 bits per heavy atom. The molecule has 0 radical (unpaired) electrons. The van der Waals surface area contributed by atoms with Gasteiger partial charge in [0.15, 0.2) is 0 Å². The van der Waals surface area contributed by atoms with Gasteiger partial charge >= 0.3 is 6.18 Å². The standard InChI is InChI=1S/C13H11F3N2O/c14-13(15,16)9-3-1-4-10(7-9)19-8-12-11(17)5-2-6-18-12/h1-7H,8,17H2. The normalized spacial score (nSPS) is 11.3. The number of nitrogens with two attached hydrogens (primary N) is 1. The SMILES string of the molecule is Nc1cccnc1COc1cccc(C(F)(F)F)c1. The van der Waals surface area contributed by atoms with Crippen LogP contribution in [0.2, 0.25) is 0 Å². The molecule has 2 N–H and O–H groups in total. The van der Waals surface area contributed by atoms with Crippen molar-refractivity contribution in [1.29, 1.82) is 0 Å². The molecule has 0 aliphatic heterocycles. The minimum atomic E-state index is -4.39. The Kier molecular flexibility index (Phi) is 3.59. The van der Waals surface area contributed by atoms with Crippen molar-refractivity contribution in [2.45, 2.75) is 12.8 Å². The Balaban J connectivity index is 2.10. The van der Waals surface area contributed by atoms with Crippen LogP contribution in [0.1, 0.15) is 11.3 Å². The van der Waals surface area contributed by atoms with E-state index in [0.29, 0.717) is 11.4 Å². The van der Waals surface area contributed by atoms with Crippen molar-refractivity contribution in [2.24, 2.45) is 0 Å². The molecule has 0 unspecified atom stereocenters. The zero-order valence-electron chi connectivity index (χ0n) is 9.82. The Morgan fingerprint density at radius 2 is 1.95 bits per heavy atom. The molecule has 3 nitrogen and oxygen atoms in total. The van der Waals surface area contributed by atoms with Crippen molar-refractivity contribution in [2.75, 3.05) is 5.73 Å². The van der Waals surface area contributed by atoms with Gasteiger partial charge in [0.2, 0.25) is 0 Å². The van der Waals surface area contributed by atoms with E-state index in [-0.39, 0.29) is 12.4 Å². The first-order valence-electron chi connectivity index (χ1n) is 5.46. The lowest BCUT2D eigenvalue weighted by Crippen LogP contribution is -2.06. The van der Waals surface area contributed by atoms with E-state index >= 15 is 0 Å². The van der Waals surface area contributed by atoms with Gasteiger partial charge in [-0.1, -0.05) is 6.07 Å². The second-order valence-corrected chi connectivity index (χ2v) is 3.85. The molecule has 0 spiro atoms. The summed E-state index contributed by atoms with van der Waals surface area (Å²) in [4.78, 5) is 3.99. The molecule has 19 heavy (non-hydrogen) atoms. The van der Waals surface area contributed by atoms with Gasteiger partial charge in [-0.15, -0.1) is 0 Å². The predicted octanol–water partition coefficient (Wildman–Crippen LogP) is 3.26. The first-order valence-corrected chi connectivity index (χ1v) is 5.46. The number of nitrogens with zero attached hydrogens (tertiary/aromatic N) is 1. The first kappa shape index (κ1) is 13.2. The summed E-state index contributed by atoms with van der Waals surface area (Å²) in [5.41, 5.74) is 5.84. The highest BCUT2D eigenvalue weighted by molar-refractivity contribution is 5.41. The second kappa shape index (κ2) is 5.17. The van der Waals surface area contributed by atoms with Crippen molar-refractivity contribution in [1.82, 2.24) is 4.98 Å². The summed E-state index contributed by atoms with van der Waals surface area (Å²) in [6, 6.07) is 8.00. The number of pyridine rings is 1. The van der Waals surface area contributed by atoms with Crippen LogP contribution in [0.25, 0.3) is 0 Å². The van der Waals surface area contributed by atoms with E-state index in [1.54, 1.807) is 18.3 Å². The number of ether oxygens (including phenoxy) is 1. The minimum absolute atomic E-state index is 0.0218. The van der Waals surface area contributed by atoms with Crippen LogP contribution in [0.5, 0.6) is 5.75 Å². The number of hydrogen-bond donors (Lipinski definition) is 1. The van der Waals surface area contributed by atoms with E-state index in [2.05, 4.69) is 4.98 Å². The molecule has 0 amide bonds. The lowest BCUT2D eigenvalue weighted by molar-refractivity contribution is -0.137. The summed E-state index contributed by atoms with van der Waals surface area (Å²) >= 11 is 0. The maximum Gasteiger partial charge on any atom is 0.416 e. The molecule has 0 saturated carbocycles. The quantitative estimate of drug-likeness (QED) is 0.929. The van der Waals surface area contributed by atoms with Crippen molar-refractivity contribution < 1.29 is 17.9 Å². The molecule has 0 aliphatic carbocycles. The molecule has 0 bridgehead atoms. The average Bonchev–Trinajstić information content (AvgIpc) is 2.37. The molecule has 1 aromatic carbocycles. The summed E-state index contributed by atoms with van der Waals surface area (Å²) in [5, 5.41) is 0. The fourth-order valence-corrected chi connectivity index (χ4v) is 1.48. The third-order valence-electron chi connectivity index (χ3n) is 2.46. The maximum atomic E-state index is 12.5. The van der Waals surface area contributed by atoms with Crippen LogP contribution in [0, 0.1) is 0 Å². The van der Waals surface area contributed by atoms with Gasteiger partial charge in [0.1, 0.15) is 18.1 Å². The molecule has 6 heteroatoms. The van der Waals surface area contributed by atoms with E-state index in [9.17, 15) is 13.2 Å².